The molecule has 0 N–H and O–H groups in total. The van der Waals surface area contributed by atoms with Gasteiger partial charge in [-0.1, -0.05) is 33.8 Å². The van der Waals surface area contributed by atoms with Crippen LogP contribution in [0.1, 0.15) is 130 Å². The van der Waals surface area contributed by atoms with Crippen molar-refractivity contribution in [2.75, 3.05) is 56.0 Å². The van der Waals surface area contributed by atoms with E-state index in [2.05, 4.69) is 51.4 Å². The van der Waals surface area contributed by atoms with Gasteiger partial charge in [-0.3, -0.25) is 24.0 Å². The largest absolute Gasteiger partial charge is 0.383 e. The summed E-state index contributed by atoms with van der Waals surface area (Å²) in [4.78, 5) is 59.7. The number of ether oxygens (including phenoxy) is 1. The molecule has 15 nitrogen and oxygen atoms in total. The molecule has 15 heteroatoms. The van der Waals surface area contributed by atoms with Crippen LogP contribution in [0.25, 0.3) is 11.5 Å². The number of carbonyl (C=O) groups is 3. The Morgan fingerprint density at radius 2 is 1.37 bits per heavy atom. The van der Waals surface area contributed by atoms with Gasteiger partial charge in [-0.2, -0.15) is 5.10 Å². The Morgan fingerprint density at radius 3 is 1.97 bits per heavy atom. The molecule has 0 amide bonds. The Labute approximate surface area is 394 Å². The number of methoxy groups -OCH3 is 1. The highest BCUT2D eigenvalue weighted by atomic mass is 16.5. The first kappa shape index (κ1) is 47.0. The number of pyridine rings is 2. The molecule has 2 unspecified atom stereocenters. The molecule has 0 spiro atoms. The van der Waals surface area contributed by atoms with Gasteiger partial charge in [0.2, 0.25) is 5.69 Å². The van der Waals surface area contributed by atoms with Crippen molar-refractivity contribution < 1.29 is 28.5 Å². The average molecular weight is 910 g/mol. The number of allylic oxidation sites excluding steroid dienone is 3. The summed E-state index contributed by atoms with van der Waals surface area (Å²) < 4.78 is 16.4. The lowest BCUT2D eigenvalue weighted by molar-refractivity contribution is -0.775. The van der Waals surface area contributed by atoms with Crippen LogP contribution in [0.4, 0.5) is 0 Å². The highest BCUT2D eigenvalue weighted by Gasteiger charge is 2.45. The molecule has 0 aliphatic heterocycles. The van der Waals surface area contributed by atoms with E-state index in [1.165, 1.54) is 0 Å². The molecule has 5 aromatic heterocycles. The summed E-state index contributed by atoms with van der Waals surface area (Å²) in [5.41, 5.74) is 10.6. The van der Waals surface area contributed by atoms with Gasteiger partial charge >= 0.3 is 5.82 Å². The lowest BCUT2D eigenvalue weighted by atomic mass is 9.86. The van der Waals surface area contributed by atoms with Gasteiger partial charge in [-0.25, -0.2) is 4.68 Å². The zero-order valence-corrected chi connectivity index (χ0v) is 41.2. The van der Waals surface area contributed by atoms with Crippen molar-refractivity contribution in [1.82, 2.24) is 43.8 Å². The molecule has 3 aliphatic rings. The molecule has 5 heterocycles. The summed E-state index contributed by atoms with van der Waals surface area (Å²) >= 11 is 0. The highest BCUT2D eigenvalue weighted by Crippen LogP contribution is 2.38. The van der Waals surface area contributed by atoms with E-state index in [4.69, 9.17) is 14.8 Å². The van der Waals surface area contributed by atoms with E-state index in [0.29, 0.717) is 75.9 Å². The number of rotatable bonds is 15. The molecule has 0 fully saturated rings. The third kappa shape index (κ3) is 8.93. The number of Topliss-reactive ketones (excluding diaryl/α,β-unsaturated/α-hetero) is 3. The Morgan fingerprint density at radius 1 is 0.731 bits per heavy atom. The second-order valence-electron chi connectivity index (χ2n) is 19.3. The van der Waals surface area contributed by atoms with E-state index >= 15 is 4.79 Å². The molecule has 0 saturated carbocycles. The minimum Gasteiger partial charge on any atom is -0.383 e. The fourth-order valence-corrected chi connectivity index (χ4v) is 10.5. The fourth-order valence-electron chi connectivity index (χ4n) is 10.5. The summed E-state index contributed by atoms with van der Waals surface area (Å²) in [6.45, 7) is 10.5. The van der Waals surface area contributed by atoms with Crippen LogP contribution in [0.3, 0.4) is 0 Å². The van der Waals surface area contributed by atoms with Crippen LogP contribution in [0.5, 0.6) is 0 Å². The van der Waals surface area contributed by atoms with Crippen LogP contribution in [0, 0.1) is 0 Å². The van der Waals surface area contributed by atoms with Crippen molar-refractivity contribution in [1.29, 1.82) is 0 Å². The molecule has 0 aromatic carbocycles. The normalized spacial score (nSPS) is 17.6. The van der Waals surface area contributed by atoms with Crippen LogP contribution >= 0.6 is 0 Å². The SMILES string of the molecule is COCCn1nc2c(c1C(C)C[n+]1c3c(c(C(C)Cn4c5c(c(C(C)C)[n+]4-c4ccccn4)C(=O)C(=CN(C)C)CC5)n1-c1cccnc1)C(=O)C(=CN(C)C)CC3)C(=O)C(=CN(C)C)CC2. The standard InChI is InChI=1S/C52H67N11O4/c1-33(2)47-45-41(21-18-37(51(45)65)31-57(7)8)61(63(47)43-16-12-13-24-54-43)29-35(4)49-46-42(22-19-38(52(46)66)32-58(9)10)60(62(49)39-15-14-23-53-27-39)28-34(3)48-44-40(55-59(48)25-26-67-11)20-17-36(50(44)64)30-56(5)6/h12-16,23-24,27,30-35H,17-22,25-26,28-29H2,1-11H3/q+2. The van der Waals surface area contributed by atoms with Crippen molar-refractivity contribution in [3.8, 4) is 11.5 Å². The molecule has 0 saturated heterocycles. The first-order valence-corrected chi connectivity index (χ1v) is 23.6. The number of aryl methyl sites for hydroxylation is 1. The van der Waals surface area contributed by atoms with Crippen molar-refractivity contribution in [3.63, 3.8) is 0 Å². The lowest BCUT2D eigenvalue weighted by Gasteiger charge is -2.20. The van der Waals surface area contributed by atoms with Gasteiger partial charge in [0.05, 0.1) is 60.0 Å². The molecular weight excluding hydrogens is 843 g/mol. The van der Waals surface area contributed by atoms with Crippen molar-refractivity contribution in [2.45, 2.75) is 104 Å². The predicted molar refractivity (Wildman–Crippen MR) is 256 cm³/mol. The summed E-state index contributed by atoms with van der Waals surface area (Å²) in [5.74, 6) is 0.300. The number of nitrogens with zero attached hydrogens (tertiary/aromatic N) is 11. The molecule has 0 radical (unpaired) electrons. The smallest absolute Gasteiger partial charge is 0.346 e. The maximum absolute atomic E-state index is 15.3. The van der Waals surface area contributed by atoms with Gasteiger partial charge in [-0.15, -0.1) is 14.0 Å². The zero-order valence-electron chi connectivity index (χ0n) is 41.2. The van der Waals surface area contributed by atoms with Gasteiger partial charge in [0.25, 0.3) is 0 Å². The molecule has 67 heavy (non-hydrogen) atoms. The summed E-state index contributed by atoms with van der Waals surface area (Å²) in [7, 11) is 13.4. The topological polar surface area (TPSA) is 131 Å². The lowest BCUT2D eigenvalue weighted by Crippen LogP contribution is -2.49. The van der Waals surface area contributed by atoms with Gasteiger partial charge in [0, 0.05) is 115 Å². The van der Waals surface area contributed by atoms with E-state index in [1.807, 2.05) is 117 Å². The minimum absolute atomic E-state index is 0.000602. The quantitative estimate of drug-likeness (QED) is 0.0921. The van der Waals surface area contributed by atoms with Crippen molar-refractivity contribution >= 4 is 17.3 Å². The second-order valence-corrected chi connectivity index (χ2v) is 19.3. The number of hydrogen-bond acceptors (Lipinski definition) is 10. The summed E-state index contributed by atoms with van der Waals surface area (Å²) in [6.07, 6.45) is 15.1. The number of ketones is 3. The highest BCUT2D eigenvalue weighted by molar-refractivity contribution is 6.12. The molecule has 8 rings (SSSR count). The van der Waals surface area contributed by atoms with Crippen LogP contribution in [0.2, 0.25) is 0 Å². The molecular formula is C52H67N11O4+2. The maximum atomic E-state index is 15.3. The third-order valence-electron chi connectivity index (χ3n) is 13.0. The zero-order chi connectivity index (χ0) is 47.8. The van der Waals surface area contributed by atoms with Crippen LogP contribution in [0.15, 0.2) is 84.2 Å². The number of fused-ring (bicyclic) bond motifs is 3. The minimum atomic E-state index is -0.270. The van der Waals surface area contributed by atoms with Gasteiger partial charge in [0.1, 0.15) is 28.8 Å². The van der Waals surface area contributed by atoms with Crippen LogP contribution < -0.4 is 9.36 Å². The monoisotopic (exact) mass is 910 g/mol. The van der Waals surface area contributed by atoms with E-state index in [-0.39, 0.29) is 35.1 Å². The number of aromatic nitrogens is 8. The Kier molecular flexibility index (Phi) is 13.6. The predicted octanol–water partition coefficient (Wildman–Crippen LogP) is 5.93. The fraction of sp³-hybridized carbons (Fsp3) is 0.462. The molecule has 0 bridgehead atoms. The maximum Gasteiger partial charge on any atom is 0.346 e. The number of carbonyl (C=O) groups excluding carboxylic acids is 3. The van der Waals surface area contributed by atoms with Gasteiger partial charge < -0.3 is 19.4 Å². The Bertz CT molecular complexity index is 2790. The second kappa shape index (κ2) is 19.4. The van der Waals surface area contributed by atoms with Crippen molar-refractivity contribution in [2.24, 2.45) is 0 Å². The molecule has 2 atom stereocenters. The third-order valence-corrected chi connectivity index (χ3v) is 13.0. The number of hydrogen-bond donors (Lipinski definition) is 0. The van der Waals surface area contributed by atoms with E-state index in [9.17, 15) is 9.59 Å². The average Bonchev–Trinajstić information content (AvgIpc) is 3.95. The van der Waals surface area contributed by atoms with Crippen molar-refractivity contribution in [3.05, 3.63) is 135 Å². The van der Waals surface area contributed by atoms with E-state index < -0.39 is 0 Å². The van der Waals surface area contributed by atoms with Gasteiger partial charge in [-0.05, 0) is 55.3 Å². The Hall–Kier alpha value is -6.48. The van der Waals surface area contributed by atoms with Crippen LogP contribution in [-0.4, -0.2) is 117 Å². The Balaban J connectivity index is 1.35. The molecule has 3 aliphatic carbocycles. The summed E-state index contributed by atoms with van der Waals surface area (Å²) in [6, 6.07) is 9.86. The van der Waals surface area contributed by atoms with E-state index in [0.717, 1.165) is 68.0 Å². The molecule has 5 aromatic rings. The van der Waals surface area contributed by atoms with Crippen LogP contribution in [-0.2, 0) is 43.6 Å². The summed E-state index contributed by atoms with van der Waals surface area (Å²) in [5, 5.41) is 5.06. The first-order valence-electron chi connectivity index (χ1n) is 23.6. The molecule has 352 valence electrons. The first-order chi connectivity index (χ1) is 32.1. The van der Waals surface area contributed by atoms with Gasteiger partial charge in [0.15, 0.2) is 23.9 Å². The van der Waals surface area contributed by atoms with E-state index in [1.54, 1.807) is 19.5 Å².